The minimum Gasteiger partial charge on any atom is -0.383 e. The van der Waals surface area contributed by atoms with E-state index in [9.17, 15) is 0 Å². The fraction of sp³-hybridized carbons (Fsp3) is 1.00. The molecule has 0 spiro atoms. The largest absolute Gasteiger partial charge is 0.383 e. The highest BCUT2D eigenvalue weighted by Gasteiger charge is 2.40. The lowest BCUT2D eigenvalue weighted by Crippen LogP contribution is -2.35. The molecule has 2 fully saturated rings. The molecular weight excluding hydrogens is 238 g/mol. The molecule has 2 rings (SSSR count). The van der Waals surface area contributed by atoms with Crippen molar-refractivity contribution < 1.29 is 9.47 Å². The van der Waals surface area contributed by atoms with Gasteiger partial charge in [-0.1, -0.05) is 13.3 Å². The van der Waals surface area contributed by atoms with Crippen molar-refractivity contribution >= 4 is 0 Å². The molecule has 2 aliphatic rings. The average Bonchev–Trinajstić information content (AvgIpc) is 3.15. The molecule has 0 aromatic carbocycles. The van der Waals surface area contributed by atoms with E-state index in [-0.39, 0.29) is 0 Å². The number of methoxy groups -OCH3 is 1. The third-order valence-electron chi connectivity index (χ3n) is 4.87. The van der Waals surface area contributed by atoms with Crippen LogP contribution >= 0.6 is 0 Å². The maximum atomic E-state index is 5.72. The Labute approximate surface area is 118 Å². The minimum atomic E-state index is 0.492. The molecule has 0 amide bonds. The van der Waals surface area contributed by atoms with Gasteiger partial charge >= 0.3 is 0 Å². The predicted octanol–water partition coefficient (Wildman–Crippen LogP) is 2.99. The molecule has 19 heavy (non-hydrogen) atoms. The lowest BCUT2D eigenvalue weighted by atomic mass is 9.79. The van der Waals surface area contributed by atoms with Gasteiger partial charge in [-0.2, -0.15) is 0 Å². The van der Waals surface area contributed by atoms with Gasteiger partial charge in [-0.3, -0.25) is 0 Å². The van der Waals surface area contributed by atoms with Crippen LogP contribution in [0.5, 0.6) is 0 Å². The van der Waals surface area contributed by atoms with Crippen LogP contribution in [0.3, 0.4) is 0 Å². The van der Waals surface area contributed by atoms with E-state index in [1.54, 1.807) is 7.11 Å². The first-order chi connectivity index (χ1) is 9.24. The molecule has 2 unspecified atom stereocenters. The second kappa shape index (κ2) is 7.61. The summed E-state index contributed by atoms with van der Waals surface area (Å²) in [5, 5.41) is 3.57. The van der Waals surface area contributed by atoms with Crippen LogP contribution in [0.1, 0.15) is 51.9 Å². The van der Waals surface area contributed by atoms with Crippen LogP contribution in [0.15, 0.2) is 0 Å². The van der Waals surface area contributed by atoms with Crippen LogP contribution in [0, 0.1) is 11.3 Å². The van der Waals surface area contributed by atoms with Crippen molar-refractivity contribution in [1.29, 1.82) is 0 Å². The first-order valence-corrected chi connectivity index (χ1v) is 8.06. The highest BCUT2D eigenvalue weighted by molar-refractivity contribution is 4.92. The molecule has 1 saturated heterocycles. The fourth-order valence-electron chi connectivity index (χ4n) is 3.37. The van der Waals surface area contributed by atoms with E-state index in [1.165, 1.54) is 44.9 Å². The van der Waals surface area contributed by atoms with Gasteiger partial charge < -0.3 is 14.8 Å². The summed E-state index contributed by atoms with van der Waals surface area (Å²) >= 11 is 0. The summed E-state index contributed by atoms with van der Waals surface area (Å²) < 4.78 is 10.8. The third kappa shape index (κ3) is 5.05. The number of hydrogen-bond donors (Lipinski definition) is 1. The lowest BCUT2D eigenvalue weighted by molar-refractivity contribution is 0.0962. The highest BCUT2D eigenvalue weighted by atomic mass is 16.5. The molecule has 1 heterocycles. The molecule has 3 heteroatoms. The molecule has 1 saturated carbocycles. The van der Waals surface area contributed by atoms with E-state index >= 15 is 0 Å². The summed E-state index contributed by atoms with van der Waals surface area (Å²) in [6, 6.07) is 0. The van der Waals surface area contributed by atoms with E-state index < -0.39 is 0 Å². The van der Waals surface area contributed by atoms with Gasteiger partial charge in [0.1, 0.15) is 0 Å². The van der Waals surface area contributed by atoms with Crippen molar-refractivity contribution in [2.24, 2.45) is 11.3 Å². The first-order valence-electron chi connectivity index (χ1n) is 8.06. The zero-order valence-electron chi connectivity index (χ0n) is 12.7. The van der Waals surface area contributed by atoms with Gasteiger partial charge in [0.15, 0.2) is 0 Å². The maximum absolute atomic E-state index is 5.72. The van der Waals surface area contributed by atoms with Gasteiger partial charge in [-0.15, -0.1) is 0 Å². The summed E-state index contributed by atoms with van der Waals surface area (Å²) in [5.41, 5.74) is 0.492. The Bertz CT molecular complexity index is 249. The second-order valence-corrected chi connectivity index (χ2v) is 6.63. The smallest absolute Gasteiger partial charge is 0.0587 e. The fourth-order valence-corrected chi connectivity index (χ4v) is 3.37. The Morgan fingerprint density at radius 2 is 2.16 bits per heavy atom. The standard InChI is InChI=1S/C16H31NO2/c1-16(14-7-8-14,13-17-10-12-18-2)9-3-5-15-6-4-11-19-15/h14-15,17H,3-13H2,1-2H3. The molecule has 112 valence electrons. The Balaban J connectivity index is 1.65. The minimum absolute atomic E-state index is 0.492. The van der Waals surface area contributed by atoms with Crippen LogP contribution < -0.4 is 5.32 Å². The van der Waals surface area contributed by atoms with Gasteiger partial charge in [0.2, 0.25) is 0 Å². The summed E-state index contributed by atoms with van der Waals surface area (Å²) in [7, 11) is 1.77. The van der Waals surface area contributed by atoms with Crippen LogP contribution in [0.2, 0.25) is 0 Å². The molecule has 3 nitrogen and oxygen atoms in total. The highest BCUT2D eigenvalue weighted by Crippen LogP contribution is 2.48. The number of nitrogens with one attached hydrogen (secondary N) is 1. The van der Waals surface area contributed by atoms with E-state index in [0.717, 1.165) is 32.2 Å². The van der Waals surface area contributed by atoms with Crippen molar-refractivity contribution in [2.45, 2.75) is 58.0 Å². The van der Waals surface area contributed by atoms with Crippen LogP contribution in [0.4, 0.5) is 0 Å². The quantitative estimate of drug-likeness (QED) is 0.618. The van der Waals surface area contributed by atoms with Crippen molar-refractivity contribution in [3.63, 3.8) is 0 Å². The summed E-state index contributed by atoms with van der Waals surface area (Å²) in [5.74, 6) is 0.951. The molecular formula is C16H31NO2. The number of rotatable bonds is 10. The van der Waals surface area contributed by atoms with E-state index in [4.69, 9.17) is 9.47 Å². The maximum Gasteiger partial charge on any atom is 0.0587 e. The second-order valence-electron chi connectivity index (χ2n) is 6.63. The zero-order chi connectivity index (χ0) is 13.6. The van der Waals surface area contributed by atoms with E-state index in [0.29, 0.717) is 11.5 Å². The van der Waals surface area contributed by atoms with Crippen molar-refractivity contribution in [1.82, 2.24) is 5.32 Å². The van der Waals surface area contributed by atoms with Crippen molar-refractivity contribution in [3.8, 4) is 0 Å². The lowest BCUT2D eigenvalue weighted by Gasteiger charge is -2.30. The van der Waals surface area contributed by atoms with Crippen molar-refractivity contribution in [2.75, 3.05) is 33.4 Å². The van der Waals surface area contributed by atoms with Gasteiger partial charge in [0.25, 0.3) is 0 Å². The molecule has 0 bridgehead atoms. The molecule has 1 N–H and O–H groups in total. The summed E-state index contributed by atoms with van der Waals surface area (Å²) in [6.07, 6.45) is 9.91. The van der Waals surface area contributed by atoms with Crippen LogP contribution in [-0.4, -0.2) is 39.5 Å². The molecule has 1 aliphatic carbocycles. The van der Waals surface area contributed by atoms with Crippen LogP contribution in [0.25, 0.3) is 0 Å². The topological polar surface area (TPSA) is 30.5 Å². The normalized spacial score (nSPS) is 26.5. The Morgan fingerprint density at radius 1 is 1.32 bits per heavy atom. The molecule has 0 aromatic heterocycles. The number of ether oxygens (including phenoxy) is 2. The first kappa shape index (κ1) is 15.3. The molecule has 0 aromatic rings. The zero-order valence-corrected chi connectivity index (χ0v) is 12.7. The van der Waals surface area contributed by atoms with E-state index in [2.05, 4.69) is 12.2 Å². The third-order valence-corrected chi connectivity index (χ3v) is 4.87. The van der Waals surface area contributed by atoms with Gasteiger partial charge in [-0.05, 0) is 49.9 Å². The molecule has 2 atom stereocenters. The van der Waals surface area contributed by atoms with Crippen molar-refractivity contribution in [3.05, 3.63) is 0 Å². The van der Waals surface area contributed by atoms with Gasteiger partial charge in [0, 0.05) is 26.8 Å². The predicted molar refractivity (Wildman–Crippen MR) is 78.4 cm³/mol. The monoisotopic (exact) mass is 269 g/mol. The van der Waals surface area contributed by atoms with Crippen LogP contribution in [-0.2, 0) is 9.47 Å². The Morgan fingerprint density at radius 3 is 2.79 bits per heavy atom. The number of hydrogen-bond acceptors (Lipinski definition) is 3. The Hall–Kier alpha value is -0.120. The van der Waals surface area contributed by atoms with Gasteiger partial charge in [-0.25, -0.2) is 0 Å². The molecule has 1 aliphatic heterocycles. The summed E-state index contributed by atoms with van der Waals surface area (Å²) in [4.78, 5) is 0. The van der Waals surface area contributed by atoms with E-state index in [1.807, 2.05) is 0 Å². The molecule has 0 radical (unpaired) electrons. The Kier molecular flexibility index (Phi) is 6.11. The SMILES string of the molecule is COCCNCC(C)(CCCC1CCCO1)C1CC1. The average molecular weight is 269 g/mol. The van der Waals surface area contributed by atoms with Gasteiger partial charge in [0.05, 0.1) is 12.7 Å². The summed E-state index contributed by atoms with van der Waals surface area (Å²) in [6.45, 7) is 6.40.